The maximum absolute atomic E-state index is 12.9. The number of imide groups is 1. The summed E-state index contributed by atoms with van der Waals surface area (Å²) < 4.78 is 6.00. The van der Waals surface area contributed by atoms with Crippen molar-refractivity contribution in [3.63, 3.8) is 0 Å². The second-order valence-corrected chi connectivity index (χ2v) is 8.24. The van der Waals surface area contributed by atoms with Crippen LogP contribution in [0.15, 0.2) is 77.7 Å². The molecular formula is C24H18ClNO3S. The standard InChI is InChI=1S/C24H18ClNO3S/c1-16-6-4-7-17(12-16)15-29-21-11-3-2-8-18(21)13-22-23(27)26(24(28)30-22)20-10-5-9-19(25)14-20/h2-14H,15H2,1H3. The molecule has 150 valence electrons. The van der Waals surface area contributed by atoms with Crippen molar-refractivity contribution in [3.8, 4) is 5.75 Å². The number of halogens is 1. The van der Waals surface area contributed by atoms with Crippen molar-refractivity contribution in [2.24, 2.45) is 0 Å². The summed E-state index contributed by atoms with van der Waals surface area (Å²) in [4.78, 5) is 26.8. The van der Waals surface area contributed by atoms with Crippen molar-refractivity contribution in [2.75, 3.05) is 4.90 Å². The fraction of sp³-hybridized carbons (Fsp3) is 0.0833. The molecule has 2 amide bonds. The fourth-order valence-corrected chi connectivity index (χ4v) is 4.16. The molecule has 4 rings (SSSR count). The van der Waals surface area contributed by atoms with E-state index in [1.165, 1.54) is 5.56 Å². The van der Waals surface area contributed by atoms with Crippen LogP contribution >= 0.6 is 23.4 Å². The van der Waals surface area contributed by atoms with Crippen LogP contribution in [0, 0.1) is 6.92 Å². The van der Waals surface area contributed by atoms with Crippen molar-refractivity contribution in [3.05, 3.63) is 99.4 Å². The van der Waals surface area contributed by atoms with Crippen LogP contribution in [0.2, 0.25) is 5.02 Å². The first kappa shape index (κ1) is 20.3. The highest BCUT2D eigenvalue weighted by Gasteiger charge is 2.36. The lowest BCUT2D eigenvalue weighted by atomic mass is 10.1. The van der Waals surface area contributed by atoms with Gasteiger partial charge in [-0.3, -0.25) is 9.59 Å². The monoisotopic (exact) mass is 435 g/mol. The van der Waals surface area contributed by atoms with Gasteiger partial charge in [-0.05, 0) is 54.6 Å². The average molecular weight is 436 g/mol. The average Bonchev–Trinajstić information content (AvgIpc) is 3.00. The molecule has 1 aliphatic rings. The number of para-hydroxylation sites is 1. The molecule has 1 fully saturated rings. The molecule has 30 heavy (non-hydrogen) atoms. The van der Waals surface area contributed by atoms with Gasteiger partial charge in [0.25, 0.3) is 11.1 Å². The number of aryl methyl sites for hydroxylation is 1. The summed E-state index contributed by atoms with van der Waals surface area (Å²) >= 11 is 6.92. The lowest BCUT2D eigenvalue weighted by Gasteiger charge is -2.12. The minimum Gasteiger partial charge on any atom is -0.488 e. The van der Waals surface area contributed by atoms with Crippen LogP contribution in [0.25, 0.3) is 6.08 Å². The zero-order valence-electron chi connectivity index (χ0n) is 16.2. The third kappa shape index (κ3) is 4.42. The van der Waals surface area contributed by atoms with E-state index in [1.807, 2.05) is 49.4 Å². The van der Waals surface area contributed by atoms with Gasteiger partial charge in [0.1, 0.15) is 12.4 Å². The molecule has 0 N–H and O–H groups in total. The first-order chi connectivity index (χ1) is 14.5. The summed E-state index contributed by atoms with van der Waals surface area (Å²) in [6, 6.07) is 22.2. The van der Waals surface area contributed by atoms with Crippen molar-refractivity contribution < 1.29 is 14.3 Å². The van der Waals surface area contributed by atoms with Crippen LogP contribution in [0.5, 0.6) is 5.75 Å². The number of rotatable bonds is 5. The topological polar surface area (TPSA) is 46.6 Å². The molecule has 0 unspecified atom stereocenters. The van der Waals surface area contributed by atoms with Crippen LogP contribution in [-0.4, -0.2) is 11.1 Å². The summed E-state index contributed by atoms with van der Waals surface area (Å²) in [6.07, 6.45) is 1.70. The molecule has 0 bridgehead atoms. The number of anilines is 1. The largest absolute Gasteiger partial charge is 0.488 e. The molecule has 3 aromatic carbocycles. The van der Waals surface area contributed by atoms with Gasteiger partial charge < -0.3 is 4.74 Å². The highest BCUT2D eigenvalue weighted by Crippen LogP contribution is 2.37. The summed E-state index contributed by atoms with van der Waals surface area (Å²) in [5.41, 5.74) is 3.42. The smallest absolute Gasteiger partial charge is 0.298 e. The predicted octanol–water partition coefficient (Wildman–Crippen LogP) is 6.47. The van der Waals surface area contributed by atoms with Crippen molar-refractivity contribution in [1.82, 2.24) is 0 Å². The van der Waals surface area contributed by atoms with Gasteiger partial charge in [-0.25, -0.2) is 4.90 Å². The summed E-state index contributed by atoms with van der Waals surface area (Å²) in [5, 5.41) is 0.108. The van der Waals surface area contributed by atoms with Crippen LogP contribution in [0.1, 0.15) is 16.7 Å². The highest BCUT2D eigenvalue weighted by atomic mass is 35.5. The summed E-state index contributed by atoms with van der Waals surface area (Å²) in [7, 11) is 0. The van der Waals surface area contributed by atoms with Gasteiger partial charge in [0.05, 0.1) is 10.6 Å². The van der Waals surface area contributed by atoms with Gasteiger partial charge in [-0.2, -0.15) is 0 Å². The fourth-order valence-electron chi connectivity index (χ4n) is 3.14. The van der Waals surface area contributed by atoms with E-state index in [4.69, 9.17) is 16.3 Å². The van der Waals surface area contributed by atoms with E-state index in [1.54, 1.807) is 30.3 Å². The molecular weight excluding hydrogens is 418 g/mol. The lowest BCUT2D eigenvalue weighted by molar-refractivity contribution is -0.113. The number of carbonyl (C=O) groups excluding carboxylic acids is 2. The van der Waals surface area contributed by atoms with Gasteiger partial charge in [-0.15, -0.1) is 0 Å². The second kappa shape index (κ2) is 8.78. The van der Waals surface area contributed by atoms with Crippen molar-refractivity contribution in [1.29, 1.82) is 0 Å². The number of benzene rings is 3. The second-order valence-electron chi connectivity index (χ2n) is 6.81. The maximum atomic E-state index is 12.9. The molecule has 0 aliphatic carbocycles. The minimum absolute atomic E-state index is 0.339. The molecule has 6 heteroatoms. The Bertz CT molecular complexity index is 1160. The zero-order chi connectivity index (χ0) is 21.1. The lowest BCUT2D eigenvalue weighted by Crippen LogP contribution is -2.27. The first-order valence-corrected chi connectivity index (χ1v) is 10.5. The van der Waals surface area contributed by atoms with Gasteiger partial charge >= 0.3 is 0 Å². The third-order valence-corrected chi connectivity index (χ3v) is 5.65. The number of amides is 2. The Kier molecular flexibility index (Phi) is 5.93. The van der Waals surface area contributed by atoms with E-state index in [0.717, 1.165) is 27.8 Å². The number of thioether (sulfide) groups is 1. The number of nitrogens with zero attached hydrogens (tertiary/aromatic N) is 1. The Morgan fingerprint density at radius 3 is 2.60 bits per heavy atom. The Labute approximate surface area is 184 Å². The molecule has 0 atom stereocenters. The van der Waals surface area contributed by atoms with E-state index >= 15 is 0 Å². The van der Waals surface area contributed by atoms with Crippen LogP contribution < -0.4 is 9.64 Å². The van der Waals surface area contributed by atoms with E-state index in [0.29, 0.717) is 28.0 Å². The van der Waals surface area contributed by atoms with E-state index in [2.05, 4.69) is 6.07 Å². The number of hydrogen-bond donors (Lipinski definition) is 0. The Hall–Kier alpha value is -3.02. The predicted molar refractivity (Wildman–Crippen MR) is 122 cm³/mol. The van der Waals surface area contributed by atoms with Crippen molar-refractivity contribution in [2.45, 2.75) is 13.5 Å². The van der Waals surface area contributed by atoms with Gasteiger partial charge in [-0.1, -0.05) is 65.7 Å². The first-order valence-electron chi connectivity index (χ1n) is 9.32. The van der Waals surface area contributed by atoms with E-state index < -0.39 is 0 Å². The molecule has 1 heterocycles. The van der Waals surface area contributed by atoms with E-state index in [9.17, 15) is 9.59 Å². The number of carbonyl (C=O) groups is 2. The molecule has 1 aliphatic heterocycles. The molecule has 0 saturated carbocycles. The van der Waals surface area contributed by atoms with Gasteiger partial charge in [0.15, 0.2) is 0 Å². The minimum atomic E-state index is -0.374. The van der Waals surface area contributed by atoms with Crippen LogP contribution in [0.4, 0.5) is 10.5 Å². The normalized spacial score (nSPS) is 15.1. The van der Waals surface area contributed by atoms with Gasteiger partial charge in [0, 0.05) is 10.6 Å². The zero-order valence-corrected chi connectivity index (χ0v) is 17.7. The Morgan fingerprint density at radius 2 is 1.80 bits per heavy atom. The van der Waals surface area contributed by atoms with Crippen LogP contribution in [-0.2, 0) is 11.4 Å². The van der Waals surface area contributed by atoms with Crippen LogP contribution in [0.3, 0.4) is 0 Å². The molecule has 0 aromatic heterocycles. The third-order valence-electron chi connectivity index (χ3n) is 4.54. The number of ether oxygens (including phenoxy) is 1. The Balaban J connectivity index is 1.58. The summed E-state index contributed by atoms with van der Waals surface area (Å²) in [5.74, 6) is 0.273. The molecule has 3 aromatic rings. The maximum Gasteiger partial charge on any atom is 0.298 e. The van der Waals surface area contributed by atoms with Crippen molar-refractivity contribution >= 4 is 46.3 Å². The molecule has 1 saturated heterocycles. The Morgan fingerprint density at radius 1 is 1.00 bits per heavy atom. The highest BCUT2D eigenvalue weighted by molar-refractivity contribution is 8.19. The quantitative estimate of drug-likeness (QED) is 0.431. The van der Waals surface area contributed by atoms with Gasteiger partial charge in [0.2, 0.25) is 0 Å². The number of hydrogen-bond acceptors (Lipinski definition) is 4. The molecule has 0 radical (unpaired) electrons. The molecule has 4 nitrogen and oxygen atoms in total. The SMILES string of the molecule is Cc1cccc(COc2ccccc2C=C2SC(=O)N(c3cccc(Cl)c3)C2=O)c1. The van der Waals surface area contributed by atoms with E-state index in [-0.39, 0.29) is 11.1 Å². The molecule has 0 spiro atoms. The summed E-state index contributed by atoms with van der Waals surface area (Å²) in [6.45, 7) is 2.45.